The van der Waals surface area contributed by atoms with E-state index < -0.39 is 11.2 Å². The van der Waals surface area contributed by atoms with Gasteiger partial charge in [-0.15, -0.1) is 6.58 Å². The van der Waals surface area contributed by atoms with Gasteiger partial charge in [0.05, 0.1) is 11.2 Å². The summed E-state index contributed by atoms with van der Waals surface area (Å²) in [6, 6.07) is 0. The van der Waals surface area contributed by atoms with Crippen LogP contribution in [0.3, 0.4) is 0 Å². The molecule has 21 heavy (non-hydrogen) atoms. The van der Waals surface area contributed by atoms with Crippen molar-refractivity contribution in [3.8, 4) is 0 Å². The van der Waals surface area contributed by atoms with Crippen LogP contribution >= 0.6 is 0 Å². The average molecular weight is 293 g/mol. The largest absolute Gasteiger partial charge is 0.387 e. The maximum atomic E-state index is 10.6. The third-order valence-corrected chi connectivity index (χ3v) is 4.53. The van der Waals surface area contributed by atoms with Crippen molar-refractivity contribution in [3.63, 3.8) is 0 Å². The van der Waals surface area contributed by atoms with Gasteiger partial charge in [-0.05, 0) is 40.0 Å². The van der Waals surface area contributed by atoms with Crippen LogP contribution in [0.2, 0.25) is 0 Å². The molecule has 1 aliphatic carbocycles. The normalized spacial score (nSPS) is 26.4. The highest BCUT2D eigenvalue weighted by Gasteiger charge is 2.46. The maximum Gasteiger partial charge on any atom is 0.106 e. The highest BCUT2D eigenvalue weighted by Crippen LogP contribution is 2.43. The Balaban J connectivity index is 3.00. The smallest absolute Gasteiger partial charge is 0.106 e. The Morgan fingerprint density at radius 1 is 1.43 bits per heavy atom. The third kappa shape index (κ3) is 4.53. The molecule has 0 amide bonds. The maximum absolute atomic E-state index is 10.6. The summed E-state index contributed by atoms with van der Waals surface area (Å²) in [5.74, 6) is 0. The molecule has 0 heterocycles. The van der Waals surface area contributed by atoms with E-state index in [1.54, 1.807) is 13.8 Å². The van der Waals surface area contributed by atoms with E-state index in [-0.39, 0.29) is 11.6 Å². The minimum Gasteiger partial charge on any atom is -0.387 e. The molecule has 0 fully saturated rings. The molecule has 0 spiro atoms. The molecule has 0 aliphatic heterocycles. The minimum absolute atomic E-state index is 0.199. The molecule has 0 aromatic rings. The molecule has 1 rings (SSSR count). The summed E-state index contributed by atoms with van der Waals surface area (Å²) in [6.07, 6.45) is 13.2. The fourth-order valence-electron chi connectivity index (χ4n) is 2.74. The zero-order valence-electron chi connectivity index (χ0n) is 13.9. The zero-order valence-corrected chi connectivity index (χ0v) is 13.9. The molecular formula is C18H31NO2. The van der Waals surface area contributed by atoms with Crippen LogP contribution in [0.1, 0.15) is 53.4 Å². The molecule has 3 N–H and O–H groups in total. The summed E-state index contributed by atoms with van der Waals surface area (Å²) in [5, 5.41) is 10.6. The number of nitrogens with two attached hydrogens (primary N) is 1. The van der Waals surface area contributed by atoms with Gasteiger partial charge in [0.1, 0.15) is 6.23 Å². The van der Waals surface area contributed by atoms with Gasteiger partial charge in [0, 0.05) is 5.41 Å². The van der Waals surface area contributed by atoms with Crippen molar-refractivity contribution in [3.05, 3.63) is 37.0 Å². The number of hydrogen-bond donors (Lipinski definition) is 2. The Morgan fingerprint density at radius 3 is 2.52 bits per heavy atom. The Labute approximate surface area is 129 Å². The van der Waals surface area contributed by atoms with Gasteiger partial charge in [0.25, 0.3) is 0 Å². The van der Waals surface area contributed by atoms with Gasteiger partial charge in [-0.2, -0.15) is 0 Å². The number of rotatable bonds is 8. The van der Waals surface area contributed by atoms with E-state index in [1.807, 2.05) is 25.2 Å². The second-order valence-electron chi connectivity index (χ2n) is 6.84. The van der Waals surface area contributed by atoms with Gasteiger partial charge < -0.3 is 15.6 Å². The predicted octanol–water partition coefficient (Wildman–Crippen LogP) is 3.70. The standard InChI is InChI=1S/C18H31NO2/c1-6-11-15(19)21-17(5,16(3,4)20)14-18(7-2)12-9-8-10-13-18/h7-10,12,15,20H,2,6,11,13-14,19H2,1,3-5H3/t15?,17?,18-/m1/s1. The average Bonchev–Trinajstić information content (AvgIpc) is 2.38. The quantitative estimate of drug-likeness (QED) is 0.530. The van der Waals surface area contributed by atoms with E-state index in [2.05, 4.69) is 25.7 Å². The molecule has 0 saturated heterocycles. The van der Waals surface area contributed by atoms with Crippen molar-refractivity contribution < 1.29 is 9.84 Å². The monoisotopic (exact) mass is 293 g/mol. The van der Waals surface area contributed by atoms with Crippen molar-refractivity contribution in [1.82, 2.24) is 0 Å². The van der Waals surface area contributed by atoms with Crippen molar-refractivity contribution in [1.29, 1.82) is 0 Å². The Hall–Kier alpha value is -0.900. The highest BCUT2D eigenvalue weighted by atomic mass is 16.5. The molecule has 3 nitrogen and oxygen atoms in total. The van der Waals surface area contributed by atoms with Gasteiger partial charge in [0.15, 0.2) is 0 Å². The topological polar surface area (TPSA) is 55.5 Å². The summed E-state index contributed by atoms with van der Waals surface area (Å²) in [5.41, 5.74) is 4.13. The van der Waals surface area contributed by atoms with Crippen molar-refractivity contribution in [2.75, 3.05) is 0 Å². The lowest BCUT2D eigenvalue weighted by Gasteiger charge is -2.46. The van der Waals surface area contributed by atoms with Crippen LogP contribution in [0.4, 0.5) is 0 Å². The summed E-state index contributed by atoms with van der Waals surface area (Å²) >= 11 is 0. The van der Waals surface area contributed by atoms with Crippen LogP contribution in [-0.4, -0.2) is 22.5 Å². The second kappa shape index (κ2) is 6.91. The minimum atomic E-state index is -0.997. The fourth-order valence-corrected chi connectivity index (χ4v) is 2.74. The number of hydrogen-bond acceptors (Lipinski definition) is 3. The molecule has 0 aromatic carbocycles. The molecule has 1 aliphatic rings. The molecule has 2 unspecified atom stereocenters. The van der Waals surface area contributed by atoms with Crippen molar-refractivity contribution in [2.24, 2.45) is 11.1 Å². The molecule has 0 aromatic heterocycles. The van der Waals surface area contributed by atoms with Gasteiger partial charge in [-0.1, -0.05) is 43.7 Å². The molecule has 0 radical (unpaired) electrons. The SMILES string of the molecule is C=C[C@@]1(CC(C)(OC(N)CCC)C(C)(C)O)C=CC=CC1. The second-order valence-corrected chi connectivity index (χ2v) is 6.84. The number of ether oxygens (including phenoxy) is 1. The Kier molecular flexibility index (Phi) is 5.97. The number of aliphatic hydroxyl groups is 1. The summed E-state index contributed by atoms with van der Waals surface area (Å²) < 4.78 is 6.09. The van der Waals surface area contributed by atoms with E-state index in [4.69, 9.17) is 10.5 Å². The van der Waals surface area contributed by atoms with E-state index in [0.717, 1.165) is 19.3 Å². The van der Waals surface area contributed by atoms with Gasteiger partial charge >= 0.3 is 0 Å². The first kappa shape index (κ1) is 18.1. The zero-order chi connectivity index (χ0) is 16.1. The number of allylic oxidation sites excluding steroid dienone is 5. The Morgan fingerprint density at radius 2 is 2.10 bits per heavy atom. The first-order valence-corrected chi connectivity index (χ1v) is 7.82. The van der Waals surface area contributed by atoms with E-state index >= 15 is 0 Å². The first-order valence-electron chi connectivity index (χ1n) is 7.82. The molecule has 0 saturated carbocycles. The molecule has 3 heteroatoms. The summed E-state index contributed by atoms with van der Waals surface area (Å²) in [7, 11) is 0. The van der Waals surface area contributed by atoms with E-state index in [1.165, 1.54) is 0 Å². The summed E-state index contributed by atoms with van der Waals surface area (Å²) in [4.78, 5) is 0. The predicted molar refractivity (Wildman–Crippen MR) is 88.8 cm³/mol. The lowest BCUT2D eigenvalue weighted by Crippen LogP contribution is -2.55. The Bertz CT molecular complexity index is 408. The summed E-state index contributed by atoms with van der Waals surface area (Å²) in [6.45, 7) is 11.6. The first-order chi connectivity index (χ1) is 9.68. The lowest BCUT2D eigenvalue weighted by molar-refractivity contribution is -0.195. The van der Waals surface area contributed by atoms with Gasteiger partial charge in [-0.25, -0.2) is 0 Å². The van der Waals surface area contributed by atoms with E-state index in [9.17, 15) is 5.11 Å². The van der Waals surface area contributed by atoms with Crippen LogP contribution in [0.25, 0.3) is 0 Å². The van der Waals surface area contributed by atoms with Crippen LogP contribution in [0.5, 0.6) is 0 Å². The van der Waals surface area contributed by atoms with Crippen LogP contribution in [-0.2, 0) is 4.74 Å². The third-order valence-electron chi connectivity index (χ3n) is 4.53. The fraction of sp³-hybridized carbons (Fsp3) is 0.667. The lowest BCUT2D eigenvalue weighted by atomic mass is 9.69. The van der Waals surface area contributed by atoms with Crippen LogP contribution in [0.15, 0.2) is 37.0 Å². The molecule has 0 bridgehead atoms. The van der Waals surface area contributed by atoms with Crippen molar-refractivity contribution >= 4 is 0 Å². The van der Waals surface area contributed by atoms with Gasteiger partial charge in [-0.3, -0.25) is 0 Å². The molecule has 120 valence electrons. The molecular weight excluding hydrogens is 262 g/mol. The highest BCUT2D eigenvalue weighted by molar-refractivity contribution is 5.23. The van der Waals surface area contributed by atoms with Crippen LogP contribution in [0, 0.1) is 5.41 Å². The van der Waals surface area contributed by atoms with E-state index in [0.29, 0.717) is 6.42 Å². The van der Waals surface area contributed by atoms with Crippen molar-refractivity contribution in [2.45, 2.75) is 70.8 Å². The molecule has 3 atom stereocenters. The van der Waals surface area contributed by atoms with Crippen LogP contribution < -0.4 is 5.73 Å². The van der Waals surface area contributed by atoms with Gasteiger partial charge in [0.2, 0.25) is 0 Å².